The van der Waals surface area contributed by atoms with Crippen molar-refractivity contribution in [1.29, 1.82) is 0 Å². The van der Waals surface area contributed by atoms with E-state index >= 15 is 0 Å². The molecular weight excluding hydrogens is 255 g/mol. The number of benzene rings is 1. The van der Waals surface area contributed by atoms with Gasteiger partial charge in [-0.05, 0) is 37.0 Å². The van der Waals surface area contributed by atoms with Gasteiger partial charge in [0.25, 0.3) is 0 Å². The van der Waals surface area contributed by atoms with Crippen molar-refractivity contribution in [1.82, 2.24) is 5.32 Å². The number of hydrogen-bond donors (Lipinski definition) is 2. The summed E-state index contributed by atoms with van der Waals surface area (Å²) < 4.78 is 13.7. The van der Waals surface area contributed by atoms with Crippen molar-refractivity contribution >= 4 is 5.91 Å². The standard InChI is InChI=1S/C16H19FN2O/c17-15-7-6-13(5-2-8-18)9-14(15)11-19-16(20)10-12-3-1-4-12/h6-7,9,12H,1,3-4,8,10-11,18H2,(H,19,20). The number of rotatable bonds is 4. The van der Waals surface area contributed by atoms with Crippen LogP contribution in [-0.2, 0) is 11.3 Å². The van der Waals surface area contributed by atoms with E-state index < -0.39 is 0 Å². The van der Waals surface area contributed by atoms with E-state index in [1.807, 2.05) is 0 Å². The molecule has 1 aliphatic carbocycles. The number of amides is 1. The molecular formula is C16H19FN2O. The lowest BCUT2D eigenvalue weighted by molar-refractivity contribution is -0.122. The van der Waals surface area contributed by atoms with Gasteiger partial charge in [-0.2, -0.15) is 0 Å². The molecule has 0 radical (unpaired) electrons. The Balaban J connectivity index is 1.92. The van der Waals surface area contributed by atoms with E-state index in [0.717, 1.165) is 12.8 Å². The third-order valence-electron chi connectivity index (χ3n) is 3.56. The summed E-state index contributed by atoms with van der Waals surface area (Å²) in [5, 5.41) is 2.77. The van der Waals surface area contributed by atoms with Gasteiger partial charge >= 0.3 is 0 Å². The van der Waals surface area contributed by atoms with Crippen LogP contribution in [0.4, 0.5) is 4.39 Å². The van der Waals surface area contributed by atoms with Gasteiger partial charge in [0, 0.05) is 24.1 Å². The minimum absolute atomic E-state index is 0.00690. The Bertz CT molecular complexity index is 541. The smallest absolute Gasteiger partial charge is 0.220 e. The molecule has 3 nitrogen and oxygen atoms in total. The Morgan fingerprint density at radius 1 is 1.45 bits per heavy atom. The predicted molar refractivity (Wildman–Crippen MR) is 76.1 cm³/mol. The Kier molecular flexibility index (Phi) is 5.14. The van der Waals surface area contributed by atoms with Crippen LogP contribution in [0.25, 0.3) is 0 Å². The zero-order valence-electron chi connectivity index (χ0n) is 11.4. The molecule has 0 aliphatic heterocycles. The maximum atomic E-state index is 13.7. The highest BCUT2D eigenvalue weighted by molar-refractivity contribution is 5.76. The molecule has 1 aromatic carbocycles. The first-order chi connectivity index (χ1) is 9.69. The van der Waals surface area contributed by atoms with Crippen molar-refractivity contribution in [3.63, 3.8) is 0 Å². The number of nitrogens with one attached hydrogen (secondary N) is 1. The van der Waals surface area contributed by atoms with Gasteiger partial charge in [-0.3, -0.25) is 4.79 Å². The summed E-state index contributed by atoms with van der Waals surface area (Å²) in [7, 11) is 0. The van der Waals surface area contributed by atoms with Crippen LogP contribution < -0.4 is 11.1 Å². The second-order valence-electron chi connectivity index (χ2n) is 5.09. The van der Waals surface area contributed by atoms with Crippen LogP contribution in [-0.4, -0.2) is 12.5 Å². The number of carbonyl (C=O) groups excluding carboxylic acids is 1. The van der Waals surface area contributed by atoms with E-state index in [4.69, 9.17) is 5.73 Å². The van der Waals surface area contributed by atoms with Crippen LogP contribution >= 0.6 is 0 Å². The molecule has 106 valence electrons. The molecule has 0 bridgehead atoms. The summed E-state index contributed by atoms with van der Waals surface area (Å²) in [5.74, 6) is 5.76. The van der Waals surface area contributed by atoms with Gasteiger partial charge in [-0.1, -0.05) is 18.3 Å². The molecule has 1 aliphatic rings. The summed E-state index contributed by atoms with van der Waals surface area (Å²) in [4.78, 5) is 11.7. The largest absolute Gasteiger partial charge is 0.352 e. The maximum Gasteiger partial charge on any atom is 0.220 e. The molecule has 2 rings (SSSR count). The van der Waals surface area contributed by atoms with Gasteiger partial charge < -0.3 is 11.1 Å². The van der Waals surface area contributed by atoms with Crippen molar-refractivity contribution in [3.8, 4) is 11.8 Å². The van der Waals surface area contributed by atoms with Crippen LogP contribution in [0.2, 0.25) is 0 Å². The highest BCUT2D eigenvalue weighted by Gasteiger charge is 2.20. The Morgan fingerprint density at radius 2 is 2.25 bits per heavy atom. The number of carbonyl (C=O) groups is 1. The third-order valence-corrected chi connectivity index (χ3v) is 3.56. The first kappa shape index (κ1) is 14.5. The van der Waals surface area contributed by atoms with Crippen LogP contribution in [0, 0.1) is 23.6 Å². The molecule has 1 saturated carbocycles. The molecule has 20 heavy (non-hydrogen) atoms. The fraction of sp³-hybridized carbons (Fsp3) is 0.438. The second kappa shape index (κ2) is 7.06. The molecule has 0 unspecified atom stereocenters. The van der Waals surface area contributed by atoms with Crippen LogP contribution in [0.15, 0.2) is 18.2 Å². The van der Waals surface area contributed by atoms with Crippen molar-refractivity contribution in [2.45, 2.75) is 32.2 Å². The number of nitrogens with two attached hydrogens (primary N) is 1. The summed E-state index contributed by atoms with van der Waals surface area (Å²) in [6.45, 7) is 0.473. The number of halogens is 1. The normalized spacial score (nSPS) is 14.1. The quantitative estimate of drug-likeness (QED) is 0.824. The highest BCUT2D eigenvalue weighted by Crippen LogP contribution is 2.29. The molecule has 0 heterocycles. The van der Waals surface area contributed by atoms with Crippen molar-refractivity contribution < 1.29 is 9.18 Å². The Labute approximate surface area is 118 Å². The second-order valence-corrected chi connectivity index (χ2v) is 5.09. The molecule has 0 spiro atoms. The van der Waals surface area contributed by atoms with Gasteiger partial charge in [0.1, 0.15) is 5.82 Å². The van der Waals surface area contributed by atoms with E-state index in [1.54, 1.807) is 12.1 Å². The third kappa shape index (κ3) is 4.07. The zero-order valence-corrected chi connectivity index (χ0v) is 11.4. The fourth-order valence-electron chi connectivity index (χ4n) is 2.17. The molecule has 0 aromatic heterocycles. The monoisotopic (exact) mass is 274 g/mol. The average Bonchev–Trinajstić information content (AvgIpc) is 2.40. The van der Waals surface area contributed by atoms with E-state index in [-0.39, 0.29) is 24.8 Å². The summed E-state index contributed by atoms with van der Waals surface area (Å²) in [5.41, 5.74) is 6.47. The van der Waals surface area contributed by atoms with Gasteiger partial charge in [-0.25, -0.2) is 4.39 Å². The highest BCUT2D eigenvalue weighted by atomic mass is 19.1. The molecule has 0 saturated heterocycles. The van der Waals surface area contributed by atoms with E-state index in [1.165, 1.54) is 12.5 Å². The van der Waals surface area contributed by atoms with E-state index in [9.17, 15) is 9.18 Å². The summed E-state index contributed by atoms with van der Waals surface area (Å²) in [6, 6.07) is 4.63. The average molecular weight is 274 g/mol. The van der Waals surface area contributed by atoms with Crippen LogP contribution in [0.5, 0.6) is 0 Å². The van der Waals surface area contributed by atoms with Gasteiger partial charge in [0.15, 0.2) is 0 Å². The molecule has 4 heteroatoms. The van der Waals surface area contributed by atoms with Crippen LogP contribution in [0.1, 0.15) is 36.8 Å². The lowest BCUT2D eigenvalue weighted by atomic mass is 9.83. The molecule has 0 atom stereocenters. The predicted octanol–water partition coefficient (Wildman–Crippen LogP) is 1.94. The molecule has 1 aromatic rings. The lowest BCUT2D eigenvalue weighted by Crippen LogP contribution is -2.27. The van der Waals surface area contributed by atoms with Crippen LogP contribution in [0.3, 0.4) is 0 Å². The van der Waals surface area contributed by atoms with Crippen molar-refractivity contribution in [2.24, 2.45) is 11.7 Å². The van der Waals surface area contributed by atoms with Crippen molar-refractivity contribution in [3.05, 3.63) is 35.1 Å². The van der Waals surface area contributed by atoms with E-state index in [0.29, 0.717) is 23.5 Å². The Morgan fingerprint density at radius 3 is 2.90 bits per heavy atom. The topological polar surface area (TPSA) is 55.1 Å². The SMILES string of the molecule is NCC#Cc1ccc(F)c(CNC(=O)CC2CCC2)c1. The zero-order chi connectivity index (χ0) is 14.4. The minimum atomic E-state index is -0.327. The van der Waals surface area contributed by atoms with Gasteiger partial charge in [0.05, 0.1) is 6.54 Å². The first-order valence-corrected chi connectivity index (χ1v) is 6.93. The van der Waals surface area contributed by atoms with Gasteiger partial charge in [0.2, 0.25) is 5.91 Å². The van der Waals surface area contributed by atoms with Gasteiger partial charge in [-0.15, -0.1) is 0 Å². The molecule has 1 amide bonds. The summed E-state index contributed by atoms with van der Waals surface area (Å²) in [6.07, 6.45) is 4.03. The molecule has 1 fully saturated rings. The number of hydrogen-bond acceptors (Lipinski definition) is 2. The minimum Gasteiger partial charge on any atom is -0.352 e. The molecule has 3 N–H and O–H groups in total. The first-order valence-electron chi connectivity index (χ1n) is 6.93. The van der Waals surface area contributed by atoms with E-state index in [2.05, 4.69) is 17.2 Å². The lowest BCUT2D eigenvalue weighted by Gasteiger charge is -2.24. The Hall–Kier alpha value is -1.86. The maximum absolute atomic E-state index is 13.7. The fourth-order valence-corrected chi connectivity index (χ4v) is 2.17. The summed E-state index contributed by atoms with van der Waals surface area (Å²) >= 11 is 0. The van der Waals surface area contributed by atoms with Crippen molar-refractivity contribution in [2.75, 3.05) is 6.54 Å².